The van der Waals surface area contributed by atoms with E-state index in [-0.39, 0.29) is 11.4 Å². The van der Waals surface area contributed by atoms with Gasteiger partial charge in [-0.3, -0.25) is 9.69 Å². The largest absolute Gasteiger partial charge is 0.353 e. The molecule has 0 spiro atoms. The molecule has 0 aromatic carbocycles. The highest BCUT2D eigenvalue weighted by Crippen LogP contribution is 2.35. The number of nitrogens with one attached hydrogen (secondary N) is 2. The molecule has 0 bridgehead atoms. The van der Waals surface area contributed by atoms with Gasteiger partial charge in [-0.1, -0.05) is 32.6 Å². The molecule has 1 amide bonds. The molecule has 1 aliphatic carbocycles. The van der Waals surface area contributed by atoms with Gasteiger partial charge in [0.15, 0.2) is 0 Å². The highest BCUT2D eigenvalue weighted by molar-refractivity contribution is 5.78. The standard InChI is InChI=1S/C17H33N3O/c1-2-11-18-14-16(21)19-15-17(9-5-3-6-10-17)20-12-7-4-8-13-20/h18H,2-15H2,1H3,(H,19,21). The molecule has 4 nitrogen and oxygen atoms in total. The lowest BCUT2D eigenvalue weighted by Crippen LogP contribution is -2.58. The number of nitrogens with zero attached hydrogens (tertiary/aromatic N) is 1. The number of likely N-dealkylation sites (tertiary alicyclic amines) is 1. The Balaban J connectivity index is 1.85. The molecular weight excluding hydrogens is 262 g/mol. The van der Waals surface area contributed by atoms with Crippen molar-refractivity contribution in [2.75, 3.05) is 32.7 Å². The molecule has 0 aromatic rings. The summed E-state index contributed by atoms with van der Waals surface area (Å²) >= 11 is 0. The summed E-state index contributed by atoms with van der Waals surface area (Å²) in [6.45, 7) is 6.81. The fourth-order valence-electron chi connectivity index (χ4n) is 3.89. The average molecular weight is 295 g/mol. The van der Waals surface area contributed by atoms with Crippen LogP contribution in [-0.2, 0) is 4.79 Å². The maximum atomic E-state index is 12.0. The zero-order chi connectivity index (χ0) is 15.0. The van der Waals surface area contributed by atoms with E-state index < -0.39 is 0 Å². The van der Waals surface area contributed by atoms with E-state index in [0.29, 0.717) is 6.54 Å². The number of carbonyl (C=O) groups excluding carboxylic acids is 1. The van der Waals surface area contributed by atoms with Gasteiger partial charge in [-0.25, -0.2) is 0 Å². The predicted molar refractivity (Wildman–Crippen MR) is 87.4 cm³/mol. The minimum Gasteiger partial charge on any atom is -0.353 e. The number of carbonyl (C=O) groups is 1. The van der Waals surface area contributed by atoms with E-state index in [1.807, 2.05) is 0 Å². The van der Waals surface area contributed by atoms with Gasteiger partial charge in [0.1, 0.15) is 0 Å². The van der Waals surface area contributed by atoms with Crippen LogP contribution in [0.3, 0.4) is 0 Å². The van der Waals surface area contributed by atoms with Gasteiger partial charge in [-0.05, 0) is 51.7 Å². The maximum Gasteiger partial charge on any atom is 0.234 e. The summed E-state index contributed by atoms with van der Waals surface area (Å²) in [6.07, 6.45) is 11.6. The average Bonchev–Trinajstić information content (AvgIpc) is 2.55. The van der Waals surface area contributed by atoms with Crippen molar-refractivity contribution in [2.24, 2.45) is 0 Å². The first-order valence-corrected chi connectivity index (χ1v) is 8.99. The van der Waals surface area contributed by atoms with Crippen molar-refractivity contribution in [1.29, 1.82) is 0 Å². The molecule has 4 heteroatoms. The molecule has 21 heavy (non-hydrogen) atoms. The Labute approximate surface area is 130 Å². The molecule has 0 unspecified atom stereocenters. The van der Waals surface area contributed by atoms with E-state index in [1.165, 1.54) is 64.5 Å². The smallest absolute Gasteiger partial charge is 0.234 e. The van der Waals surface area contributed by atoms with E-state index in [4.69, 9.17) is 0 Å². The van der Waals surface area contributed by atoms with Crippen LogP contribution in [0.15, 0.2) is 0 Å². The van der Waals surface area contributed by atoms with Crippen LogP contribution in [0.2, 0.25) is 0 Å². The van der Waals surface area contributed by atoms with Crippen molar-refractivity contribution < 1.29 is 4.79 Å². The quantitative estimate of drug-likeness (QED) is 0.708. The van der Waals surface area contributed by atoms with Crippen LogP contribution in [0.5, 0.6) is 0 Å². The Morgan fingerprint density at radius 3 is 2.38 bits per heavy atom. The molecule has 2 aliphatic rings. The second kappa shape index (κ2) is 8.74. The van der Waals surface area contributed by atoms with Gasteiger partial charge < -0.3 is 10.6 Å². The topological polar surface area (TPSA) is 44.4 Å². The molecule has 0 radical (unpaired) electrons. The van der Waals surface area contributed by atoms with E-state index in [9.17, 15) is 4.79 Å². The molecule has 2 rings (SSSR count). The molecule has 0 atom stereocenters. The first-order chi connectivity index (χ1) is 10.3. The lowest BCUT2D eigenvalue weighted by Gasteiger charge is -2.48. The third kappa shape index (κ3) is 4.96. The molecule has 2 fully saturated rings. The summed E-state index contributed by atoms with van der Waals surface area (Å²) in [7, 11) is 0. The fourth-order valence-corrected chi connectivity index (χ4v) is 3.89. The van der Waals surface area contributed by atoms with Crippen molar-refractivity contribution in [3.05, 3.63) is 0 Å². The van der Waals surface area contributed by atoms with Crippen LogP contribution in [-0.4, -0.2) is 49.1 Å². The molecule has 1 saturated carbocycles. The number of piperidine rings is 1. The summed E-state index contributed by atoms with van der Waals surface area (Å²) in [5.74, 6) is 0.158. The van der Waals surface area contributed by atoms with Gasteiger partial charge in [-0.2, -0.15) is 0 Å². The first-order valence-electron chi connectivity index (χ1n) is 8.99. The van der Waals surface area contributed by atoms with Crippen molar-refractivity contribution >= 4 is 5.91 Å². The highest BCUT2D eigenvalue weighted by atomic mass is 16.1. The predicted octanol–water partition coefficient (Wildman–Crippen LogP) is 2.29. The molecular formula is C17H33N3O. The molecule has 0 aromatic heterocycles. The van der Waals surface area contributed by atoms with Crippen molar-refractivity contribution in [3.8, 4) is 0 Å². The van der Waals surface area contributed by atoms with Crippen LogP contribution < -0.4 is 10.6 Å². The van der Waals surface area contributed by atoms with E-state index in [0.717, 1.165) is 19.5 Å². The number of hydrogen-bond donors (Lipinski definition) is 2. The second-order valence-corrected chi connectivity index (χ2v) is 6.79. The van der Waals surface area contributed by atoms with Crippen LogP contribution in [0.25, 0.3) is 0 Å². The molecule has 1 aliphatic heterocycles. The summed E-state index contributed by atoms with van der Waals surface area (Å²) in [5, 5.41) is 6.40. The fraction of sp³-hybridized carbons (Fsp3) is 0.941. The Bertz CT molecular complexity index is 307. The van der Waals surface area contributed by atoms with Gasteiger partial charge in [0, 0.05) is 12.1 Å². The van der Waals surface area contributed by atoms with Crippen LogP contribution in [0.4, 0.5) is 0 Å². The Hall–Kier alpha value is -0.610. The minimum atomic E-state index is 0.158. The Morgan fingerprint density at radius 2 is 1.71 bits per heavy atom. The van der Waals surface area contributed by atoms with Crippen LogP contribution in [0, 0.1) is 0 Å². The van der Waals surface area contributed by atoms with Gasteiger partial charge in [-0.15, -0.1) is 0 Å². The van der Waals surface area contributed by atoms with E-state index in [1.54, 1.807) is 0 Å². The van der Waals surface area contributed by atoms with Crippen LogP contribution in [0.1, 0.15) is 64.7 Å². The zero-order valence-electron chi connectivity index (χ0n) is 13.8. The van der Waals surface area contributed by atoms with Crippen LogP contribution >= 0.6 is 0 Å². The van der Waals surface area contributed by atoms with Gasteiger partial charge in [0.25, 0.3) is 0 Å². The SMILES string of the molecule is CCCNCC(=O)NCC1(N2CCCCC2)CCCCC1. The van der Waals surface area contributed by atoms with Crippen molar-refractivity contribution in [2.45, 2.75) is 70.3 Å². The second-order valence-electron chi connectivity index (χ2n) is 6.79. The van der Waals surface area contributed by atoms with Crippen molar-refractivity contribution in [3.63, 3.8) is 0 Å². The molecule has 1 saturated heterocycles. The Kier molecular flexibility index (Phi) is 6.97. The van der Waals surface area contributed by atoms with Crippen molar-refractivity contribution in [1.82, 2.24) is 15.5 Å². The number of hydrogen-bond acceptors (Lipinski definition) is 3. The summed E-state index contributed by atoms with van der Waals surface area (Å²) < 4.78 is 0. The maximum absolute atomic E-state index is 12.0. The molecule has 122 valence electrons. The summed E-state index contributed by atoms with van der Waals surface area (Å²) in [5.41, 5.74) is 0.249. The molecule has 2 N–H and O–H groups in total. The third-order valence-electron chi connectivity index (χ3n) is 5.14. The summed E-state index contributed by atoms with van der Waals surface area (Å²) in [4.78, 5) is 14.7. The monoisotopic (exact) mass is 295 g/mol. The number of amides is 1. The van der Waals surface area contributed by atoms with E-state index in [2.05, 4.69) is 22.5 Å². The lowest BCUT2D eigenvalue weighted by molar-refractivity contribution is -0.121. The van der Waals surface area contributed by atoms with Gasteiger partial charge >= 0.3 is 0 Å². The Morgan fingerprint density at radius 1 is 1.05 bits per heavy atom. The third-order valence-corrected chi connectivity index (χ3v) is 5.14. The molecule has 1 heterocycles. The van der Waals surface area contributed by atoms with E-state index >= 15 is 0 Å². The highest BCUT2D eigenvalue weighted by Gasteiger charge is 2.38. The number of rotatable bonds is 7. The minimum absolute atomic E-state index is 0.158. The zero-order valence-corrected chi connectivity index (χ0v) is 13.8. The first kappa shape index (κ1) is 16.8. The normalized spacial score (nSPS) is 22.9. The van der Waals surface area contributed by atoms with Gasteiger partial charge in [0.2, 0.25) is 5.91 Å². The van der Waals surface area contributed by atoms with Gasteiger partial charge in [0.05, 0.1) is 6.54 Å². The summed E-state index contributed by atoms with van der Waals surface area (Å²) in [6, 6.07) is 0. The lowest BCUT2D eigenvalue weighted by atomic mass is 9.79.